The van der Waals surface area contributed by atoms with Crippen LogP contribution in [0, 0.1) is 5.92 Å². The molecule has 0 fully saturated rings. The Balaban J connectivity index is 2.92. The predicted molar refractivity (Wildman–Crippen MR) is 84.3 cm³/mol. The summed E-state index contributed by atoms with van der Waals surface area (Å²) in [7, 11) is 0. The molecule has 1 aromatic carbocycles. The lowest BCUT2D eigenvalue weighted by Gasteiger charge is -2.24. The van der Waals surface area contributed by atoms with E-state index in [0.717, 1.165) is 22.0 Å². The fraction of sp³-hybridized carbons (Fsp3) is 0.600. The van der Waals surface area contributed by atoms with Crippen molar-refractivity contribution < 1.29 is 0 Å². The van der Waals surface area contributed by atoms with Gasteiger partial charge in [0.1, 0.15) is 0 Å². The van der Waals surface area contributed by atoms with Gasteiger partial charge in [-0.1, -0.05) is 61.1 Å². The van der Waals surface area contributed by atoms with E-state index in [9.17, 15) is 0 Å². The van der Waals surface area contributed by atoms with Crippen molar-refractivity contribution >= 4 is 27.5 Å². The van der Waals surface area contributed by atoms with E-state index in [2.05, 4.69) is 48.1 Å². The minimum atomic E-state index is 0.382. The van der Waals surface area contributed by atoms with E-state index >= 15 is 0 Å². The van der Waals surface area contributed by atoms with Crippen LogP contribution in [0.4, 0.5) is 0 Å². The number of hydrogen-bond donors (Lipinski definition) is 1. The monoisotopic (exact) mass is 331 g/mol. The molecule has 0 aromatic heterocycles. The predicted octanol–water partition coefficient (Wildman–Crippen LogP) is 5.58. The topological polar surface area (TPSA) is 12.0 Å². The third kappa shape index (κ3) is 4.56. The van der Waals surface area contributed by atoms with E-state index in [-0.39, 0.29) is 0 Å². The zero-order chi connectivity index (χ0) is 13.5. The van der Waals surface area contributed by atoms with Crippen molar-refractivity contribution in [3.63, 3.8) is 0 Å². The minimum Gasteiger partial charge on any atom is -0.310 e. The molecule has 0 amide bonds. The molecular formula is C15H23BrClN. The fourth-order valence-corrected chi connectivity index (χ4v) is 3.01. The van der Waals surface area contributed by atoms with Crippen LogP contribution in [0.15, 0.2) is 22.7 Å². The van der Waals surface area contributed by atoms with Crippen molar-refractivity contribution in [3.8, 4) is 0 Å². The van der Waals surface area contributed by atoms with Gasteiger partial charge in [-0.25, -0.2) is 0 Å². The lowest BCUT2D eigenvalue weighted by molar-refractivity contribution is 0.375. The average molecular weight is 333 g/mol. The highest BCUT2D eigenvalue weighted by Gasteiger charge is 2.17. The molecule has 1 rings (SSSR count). The van der Waals surface area contributed by atoms with Crippen LogP contribution >= 0.6 is 27.5 Å². The van der Waals surface area contributed by atoms with Gasteiger partial charge in [-0.15, -0.1) is 0 Å². The molecule has 102 valence electrons. The van der Waals surface area contributed by atoms with Crippen LogP contribution < -0.4 is 5.32 Å². The molecule has 0 radical (unpaired) electrons. The van der Waals surface area contributed by atoms with Gasteiger partial charge in [-0.05, 0) is 42.6 Å². The molecule has 0 aliphatic heterocycles. The molecule has 1 unspecified atom stereocenters. The maximum absolute atomic E-state index is 6.12. The van der Waals surface area contributed by atoms with Gasteiger partial charge < -0.3 is 5.32 Å². The second kappa shape index (κ2) is 8.19. The summed E-state index contributed by atoms with van der Waals surface area (Å²) in [6, 6.07) is 6.42. The maximum atomic E-state index is 6.12. The fourth-order valence-electron chi connectivity index (χ4n) is 2.30. The summed E-state index contributed by atoms with van der Waals surface area (Å²) in [5, 5.41) is 4.38. The summed E-state index contributed by atoms with van der Waals surface area (Å²) < 4.78 is 1.14. The third-order valence-electron chi connectivity index (χ3n) is 3.51. The molecule has 1 atom stereocenters. The maximum Gasteiger partial charge on any atom is 0.0410 e. The van der Waals surface area contributed by atoms with Gasteiger partial charge >= 0.3 is 0 Å². The summed E-state index contributed by atoms with van der Waals surface area (Å²) in [4.78, 5) is 0. The van der Waals surface area contributed by atoms with E-state index in [1.165, 1.54) is 24.8 Å². The Bertz CT molecular complexity index is 364. The normalized spacial score (nSPS) is 13.0. The van der Waals surface area contributed by atoms with Crippen molar-refractivity contribution in [3.05, 3.63) is 33.3 Å². The SMILES string of the molecule is CCNC(CC(CC)CC)c1cc(Cl)ccc1Br. The Hall–Kier alpha value is -0.0500. The Morgan fingerprint density at radius 2 is 1.89 bits per heavy atom. The van der Waals surface area contributed by atoms with Crippen LogP contribution in [-0.4, -0.2) is 6.54 Å². The molecule has 3 heteroatoms. The van der Waals surface area contributed by atoms with Crippen molar-refractivity contribution in [2.75, 3.05) is 6.54 Å². The summed E-state index contributed by atoms with van der Waals surface area (Å²) in [5.41, 5.74) is 1.27. The van der Waals surface area contributed by atoms with Crippen LogP contribution in [0.25, 0.3) is 0 Å². The molecule has 18 heavy (non-hydrogen) atoms. The smallest absolute Gasteiger partial charge is 0.0410 e. The minimum absolute atomic E-state index is 0.382. The standard InChI is InChI=1S/C15H23BrClN/c1-4-11(5-2)9-15(18-6-3)13-10-12(17)7-8-14(13)16/h7-8,10-11,15,18H,4-6,9H2,1-3H3. The van der Waals surface area contributed by atoms with E-state index in [0.29, 0.717) is 6.04 Å². The first-order valence-corrected chi connectivity index (χ1v) is 7.97. The highest BCUT2D eigenvalue weighted by Crippen LogP contribution is 2.32. The van der Waals surface area contributed by atoms with Crippen LogP contribution in [0.3, 0.4) is 0 Å². The number of halogens is 2. The number of hydrogen-bond acceptors (Lipinski definition) is 1. The zero-order valence-electron chi connectivity index (χ0n) is 11.5. The van der Waals surface area contributed by atoms with Gasteiger partial charge in [-0.2, -0.15) is 0 Å². The first kappa shape index (κ1) is 16.0. The lowest BCUT2D eigenvalue weighted by Crippen LogP contribution is -2.23. The third-order valence-corrected chi connectivity index (χ3v) is 4.46. The zero-order valence-corrected chi connectivity index (χ0v) is 13.8. The second-order valence-electron chi connectivity index (χ2n) is 4.69. The lowest BCUT2D eigenvalue weighted by atomic mass is 9.91. The molecule has 0 saturated carbocycles. The van der Waals surface area contributed by atoms with E-state index in [1.807, 2.05) is 12.1 Å². The molecule has 0 aliphatic carbocycles. The van der Waals surface area contributed by atoms with Gasteiger partial charge in [0.15, 0.2) is 0 Å². The van der Waals surface area contributed by atoms with Crippen LogP contribution in [0.1, 0.15) is 51.6 Å². The highest BCUT2D eigenvalue weighted by molar-refractivity contribution is 9.10. The Labute approximate surface area is 124 Å². The van der Waals surface area contributed by atoms with Gasteiger partial charge in [0.2, 0.25) is 0 Å². The highest BCUT2D eigenvalue weighted by atomic mass is 79.9. The van der Waals surface area contributed by atoms with Gasteiger partial charge in [-0.3, -0.25) is 0 Å². The van der Waals surface area contributed by atoms with Crippen LogP contribution in [0.2, 0.25) is 5.02 Å². The first-order chi connectivity index (χ1) is 8.62. The molecule has 1 aromatic rings. The van der Waals surface area contributed by atoms with Gasteiger partial charge in [0.25, 0.3) is 0 Å². The molecular weight excluding hydrogens is 310 g/mol. The number of benzene rings is 1. The van der Waals surface area contributed by atoms with E-state index in [1.54, 1.807) is 0 Å². The molecule has 0 heterocycles. The Morgan fingerprint density at radius 1 is 1.22 bits per heavy atom. The quantitative estimate of drug-likeness (QED) is 0.687. The van der Waals surface area contributed by atoms with Crippen molar-refractivity contribution in [2.45, 2.75) is 46.1 Å². The molecule has 0 aliphatic rings. The van der Waals surface area contributed by atoms with Crippen LogP contribution in [-0.2, 0) is 0 Å². The molecule has 0 bridgehead atoms. The largest absolute Gasteiger partial charge is 0.310 e. The van der Waals surface area contributed by atoms with E-state index in [4.69, 9.17) is 11.6 Å². The van der Waals surface area contributed by atoms with Crippen LogP contribution in [0.5, 0.6) is 0 Å². The van der Waals surface area contributed by atoms with Gasteiger partial charge in [0, 0.05) is 15.5 Å². The summed E-state index contributed by atoms with van der Waals surface area (Å²) in [6.07, 6.45) is 3.63. The first-order valence-electron chi connectivity index (χ1n) is 6.80. The van der Waals surface area contributed by atoms with Crippen molar-refractivity contribution in [1.82, 2.24) is 5.32 Å². The summed E-state index contributed by atoms with van der Waals surface area (Å²) in [6.45, 7) is 7.66. The average Bonchev–Trinajstić information content (AvgIpc) is 2.37. The van der Waals surface area contributed by atoms with E-state index < -0.39 is 0 Å². The summed E-state index contributed by atoms with van der Waals surface area (Å²) >= 11 is 9.75. The molecule has 1 nitrogen and oxygen atoms in total. The van der Waals surface area contributed by atoms with Crippen molar-refractivity contribution in [2.24, 2.45) is 5.92 Å². The Morgan fingerprint density at radius 3 is 2.44 bits per heavy atom. The number of nitrogens with one attached hydrogen (secondary N) is 1. The molecule has 0 spiro atoms. The van der Waals surface area contributed by atoms with Gasteiger partial charge in [0.05, 0.1) is 0 Å². The summed E-state index contributed by atoms with van der Waals surface area (Å²) in [5.74, 6) is 0.764. The van der Waals surface area contributed by atoms with Crippen molar-refractivity contribution in [1.29, 1.82) is 0 Å². The second-order valence-corrected chi connectivity index (χ2v) is 5.99. The Kier molecular flexibility index (Phi) is 7.28. The molecule has 0 saturated heterocycles. The molecule has 1 N–H and O–H groups in total. The number of rotatable bonds is 7.